The molecule has 2 N–H and O–H groups in total. The Bertz CT molecular complexity index is 1180. The summed E-state index contributed by atoms with van der Waals surface area (Å²) in [5.74, 6) is -0.0934. The van der Waals surface area contributed by atoms with Crippen LogP contribution in [0.2, 0.25) is 0 Å². The number of nitrogens with one attached hydrogen (secondary N) is 2. The first-order chi connectivity index (χ1) is 15.4. The van der Waals surface area contributed by atoms with Crippen molar-refractivity contribution in [3.8, 4) is 0 Å². The number of thiazole rings is 1. The van der Waals surface area contributed by atoms with Gasteiger partial charge in [-0.25, -0.2) is 18.1 Å². The number of carbonyl (C=O) groups excluding carboxylic acids is 1. The Morgan fingerprint density at radius 3 is 2.56 bits per heavy atom. The van der Waals surface area contributed by atoms with Crippen molar-refractivity contribution in [2.45, 2.75) is 37.2 Å². The van der Waals surface area contributed by atoms with E-state index in [-0.39, 0.29) is 10.8 Å². The van der Waals surface area contributed by atoms with Gasteiger partial charge in [-0.1, -0.05) is 42.5 Å². The number of rotatable bonds is 8. The monoisotopic (exact) mass is 470 g/mol. The normalized spacial score (nSPS) is 14.2. The number of benzene rings is 2. The van der Waals surface area contributed by atoms with Crippen molar-refractivity contribution in [2.75, 3.05) is 18.9 Å². The fourth-order valence-corrected chi connectivity index (χ4v) is 5.47. The smallest absolute Gasteiger partial charge is 0.240 e. The molecule has 0 atom stereocenters. The molecule has 2 aromatic carbocycles. The molecule has 0 aliphatic carbocycles. The van der Waals surface area contributed by atoms with Crippen LogP contribution in [-0.4, -0.2) is 37.8 Å². The summed E-state index contributed by atoms with van der Waals surface area (Å²) in [4.78, 5) is 20.9. The van der Waals surface area contributed by atoms with Crippen molar-refractivity contribution in [3.05, 3.63) is 76.3 Å². The third-order valence-corrected chi connectivity index (χ3v) is 7.88. The summed E-state index contributed by atoms with van der Waals surface area (Å²) in [5.41, 5.74) is 3.28. The van der Waals surface area contributed by atoms with E-state index in [1.807, 2.05) is 6.07 Å². The van der Waals surface area contributed by atoms with Gasteiger partial charge in [-0.05, 0) is 36.7 Å². The Kier molecular flexibility index (Phi) is 7.00. The van der Waals surface area contributed by atoms with Crippen LogP contribution in [0.1, 0.15) is 28.1 Å². The van der Waals surface area contributed by atoms with E-state index >= 15 is 0 Å². The maximum absolute atomic E-state index is 12.4. The molecule has 1 aromatic heterocycles. The van der Waals surface area contributed by atoms with E-state index in [0.717, 1.165) is 37.3 Å². The Hall–Kier alpha value is -2.59. The Balaban J connectivity index is 1.29. The minimum Gasteiger partial charge on any atom is -0.302 e. The lowest BCUT2D eigenvalue weighted by Gasteiger charge is -2.25. The SMILES string of the molecule is CNS(=O)(=O)c1ccc(CCC(=O)Nc2nc3c(s2)CN(Cc2ccccc2)CC3)cc1. The quantitative estimate of drug-likeness (QED) is 0.528. The zero-order valence-electron chi connectivity index (χ0n) is 17.9. The fraction of sp³-hybridized carbons (Fsp3) is 0.304. The third-order valence-electron chi connectivity index (χ3n) is 5.45. The topological polar surface area (TPSA) is 91.4 Å². The van der Waals surface area contributed by atoms with Crippen molar-refractivity contribution < 1.29 is 13.2 Å². The molecular weight excluding hydrogens is 444 g/mol. The van der Waals surface area contributed by atoms with Crippen molar-refractivity contribution in [2.24, 2.45) is 0 Å². The standard InChI is InChI=1S/C23H26N4O3S2/c1-24-32(29,30)19-10-7-17(8-11-19)9-12-22(28)26-23-25-20-13-14-27(16-21(20)31-23)15-18-5-3-2-4-6-18/h2-8,10-11,24H,9,12-16H2,1H3,(H,25,26,28). The zero-order valence-corrected chi connectivity index (χ0v) is 19.5. The minimum absolute atomic E-state index is 0.0934. The lowest BCUT2D eigenvalue weighted by molar-refractivity contribution is -0.116. The first-order valence-corrected chi connectivity index (χ1v) is 12.8. The van der Waals surface area contributed by atoms with Crippen LogP contribution in [0.3, 0.4) is 0 Å². The zero-order chi connectivity index (χ0) is 22.6. The van der Waals surface area contributed by atoms with E-state index in [0.29, 0.717) is 18.0 Å². The van der Waals surface area contributed by atoms with Gasteiger partial charge in [-0.15, -0.1) is 11.3 Å². The number of fused-ring (bicyclic) bond motifs is 1. The van der Waals surface area contributed by atoms with Gasteiger partial charge in [0.1, 0.15) is 0 Å². The minimum atomic E-state index is -3.45. The summed E-state index contributed by atoms with van der Waals surface area (Å²) in [5, 5.41) is 3.57. The number of anilines is 1. The van der Waals surface area contributed by atoms with Crippen molar-refractivity contribution >= 4 is 32.4 Å². The second-order valence-corrected chi connectivity index (χ2v) is 10.7. The molecular formula is C23H26N4O3S2. The summed E-state index contributed by atoms with van der Waals surface area (Å²) in [6, 6.07) is 17.0. The van der Waals surface area contributed by atoms with Gasteiger partial charge in [-0.3, -0.25) is 9.69 Å². The predicted molar refractivity (Wildman–Crippen MR) is 126 cm³/mol. The highest BCUT2D eigenvalue weighted by Gasteiger charge is 2.21. The van der Waals surface area contributed by atoms with E-state index in [4.69, 9.17) is 0 Å². The molecule has 4 rings (SSSR count). The van der Waals surface area contributed by atoms with Gasteiger partial charge in [0.15, 0.2) is 5.13 Å². The molecule has 3 aromatic rings. The number of carbonyl (C=O) groups is 1. The number of amides is 1. The van der Waals surface area contributed by atoms with Gasteiger partial charge < -0.3 is 5.32 Å². The third kappa shape index (κ3) is 5.60. The molecule has 32 heavy (non-hydrogen) atoms. The second-order valence-electron chi connectivity index (χ2n) is 7.73. The predicted octanol–water partition coefficient (Wildman–Crippen LogP) is 3.18. The van der Waals surface area contributed by atoms with E-state index < -0.39 is 10.0 Å². The molecule has 9 heteroatoms. The molecule has 0 spiro atoms. The van der Waals surface area contributed by atoms with Gasteiger partial charge >= 0.3 is 0 Å². The molecule has 0 radical (unpaired) electrons. The average Bonchev–Trinajstić information content (AvgIpc) is 3.20. The molecule has 2 heterocycles. The molecule has 1 aliphatic rings. The summed E-state index contributed by atoms with van der Waals surface area (Å²) < 4.78 is 25.9. The molecule has 168 valence electrons. The van der Waals surface area contributed by atoms with Gasteiger partial charge in [0.2, 0.25) is 15.9 Å². The van der Waals surface area contributed by atoms with Crippen molar-refractivity contribution in [3.63, 3.8) is 0 Å². The molecule has 1 aliphatic heterocycles. The van der Waals surface area contributed by atoms with Crippen LogP contribution in [0.4, 0.5) is 5.13 Å². The molecule has 7 nitrogen and oxygen atoms in total. The maximum atomic E-state index is 12.4. The maximum Gasteiger partial charge on any atom is 0.240 e. The lowest BCUT2D eigenvalue weighted by atomic mass is 10.1. The first kappa shape index (κ1) is 22.6. The molecule has 0 saturated heterocycles. The number of hydrogen-bond acceptors (Lipinski definition) is 6. The Labute approximate surface area is 192 Å². The molecule has 0 bridgehead atoms. The Morgan fingerprint density at radius 2 is 1.84 bits per heavy atom. The van der Waals surface area contributed by atoms with Gasteiger partial charge in [0, 0.05) is 37.4 Å². The van der Waals surface area contributed by atoms with Gasteiger partial charge in [0.05, 0.1) is 10.6 Å². The number of hydrogen-bond donors (Lipinski definition) is 2. The van der Waals surface area contributed by atoms with Crippen LogP contribution < -0.4 is 10.0 Å². The van der Waals surface area contributed by atoms with E-state index in [9.17, 15) is 13.2 Å². The highest BCUT2D eigenvalue weighted by atomic mass is 32.2. The van der Waals surface area contributed by atoms with Crippen LogP contribution in [0.25, 0.3) is 0 Å². The number of sulfonamides is 1. The molecule has 0 unspecified atom stereocenters. The highest BCUT2D eigenvalue weighted by molar-refractivity contribution is 7.89. The summed E-state index contributed by atoms with van der Waals surface area (Å²) in [6.07, 6.45) is 1.72. The molecule has 0 saturated carbocycles. The fourth-order valence-electron chi connectivity index (χ4n) is 3.67. The van der Waals surface area contributed by atoms with Crippen molar-refractivity contribution in [1.29, 1.82) is 0 Å². The lowest BCUT2D eigenvalue weighted by Crippen LogP contribution is -2.29. The number of aryl methyl sites for hydroxylation is 1. The van der Waals surface area contributed by atoms with Crippen LogP contribution in [0.15, 0.2) is 59.5 Å². The second kappa shape index (κ2) is 9.91. The first-order valence-electron chi connectivity index (χ1n) is 10.5. The van der Waals surface area contributed by atoms with E-state index in [1.165, 1.54) is 17.5 Å². The van der Waals surface area contributed by atoms with Gasteiger partial charge in [-0.2, -0.15) is 0 Å². The van der Waals surface area contributed by atoms with Gasteiger partial charge in [0.25, 0.3) is 0 Å². The van der Waals surface area contributed by atoms with Crippen LogP contribution >= 0.6 is 11.3 Å². The van der Waals surface area contributed by atoms with Crippen LogP contribution in [-0.2, 0) is 40.7 Å². The van der Waals surface area contributed by atoms with E-state index in [2.05, 4.69) is 44.2 Å². The number of nitrogens with zero attached hydrogens (tertiary/aromatic N) is 2. The van der Waals surface area contributed by atoms with Crippen LogP contribution in [0.5, 0.6) is 0 Å². The number of aromatic nitrogens is 1. The van der Waals surface area contributed by atoms with Crippen molar-refractivity contribution in [1.82, 2.24) is 14.6 Å². The summed E-state index contributed by atoms with van der Waals surface area (Å²) in [6.45, 7) is 2.71. The largest absolute Gasteiger partial charge is 0.302 e. The highest BCUT2D eigenvalue weighted by Crippen LogP contribution is 2.29. The molecule has 0 fully saturated rings. The average molecular weight is 471 g/mol. The van der Waals surface area contributed by atoms with E-state index in [1.54, 1.807) is 35.6 Å². The summed E-state index contributed by atoms with van der Waals surface area (Å²) in [7, 11) is -2.07. The molecule has 1 amide bonds. The summed E-state index contributed by atoms with van der Waals surface area (Å²) >= 11 is 1.55. The van der Waals surface area contributed by atoms with Crippen LogP contribution in [0, 0.1) is 0 Å². The Morgan fingerprint density at radius 1 is 1.09 bits per heavy atom.